The van der Waals surface area contributed by atoms with E-state index in [1.807, 2.05) is 0 Å². The van der Waals surface area contributed by atoms with Gasteiger partial charge < -0.3 is 4.74 Å². The molecule has 112 valence electrons. The minimum Gasteiger partial charge on any atom is -0.493 e. The Morgan fingerprint density at radius 3 is 2.15 bits per heavy atom. The zero-order valence-electron chi connectivity index (χ0n) is 13.1. The molecule has 0 aliphatic heterocycles. The number of hydrogen-bond acceptors (Lipinski definition) is 2. The smallest absolute Gasteiger partial charge is 0.119 e. The third-order valence-corrected chi connectivity index (χ3v) is 5.19. The molecular weight excluding hydrogens is 264 g/mol. The number of thiol groups is 1. The van der Waals surface area contributed by atoms with Crippen LogP contribution in [0.2, 0.25) is 0 Å². The zero-order valence-corrected chi connectivity index (χ0v) is 14.0. The van der Waals surface area contributed by atoms with Crippen LogP contribution < -0.4 is 4.74 Å². The van der Waals surface area contributed by atoms with Gasteiger partial charge in [-0.25, -0.2) is 0 Å². The van der Waals surface area contributed by atoms with Crippen LogP contribution in [0.4, 0.5) is 0 Å². The molecule has 0 atom stereocenters. The first-order valence-corrected chi connectivity index (χ1v) is 8.43. The van der Waals surface area contributed by atoms with Crippen LogP contribution in [0.25, 0.3) is 0 Å². The van der Waals surface area contributed by atoms with Crippen LogP contribution in [0.5, 0.6) is 5.75 Å². The Hall–Kier alpha value is -0.630. The largest absolute Gasteiger partial charge is 0.493 e. The molecule has 0 N–H and O–H groups in total. The molecule has 1 aromatic rings. The predicted octanol–water partition coefficient (Wildman–Crippen LogP) is 5.24. The van der Waals surface area contributed by atoms with Crippen molar-refractivity contribution in [3.8, 4) is 5.75 Å². The van der Waals surface area contributed by atoms with E-state index in [2.05, 4.69) is 57.7 Å². The van der Waals surface area contributed by atoms with E-state index in [0.717, 1.165) is 18.1 Å². The van der Waals surface area contributed by atoms with Crippen molar-refractivity contribution in [2.75, 3.05) is 12.4 Å². The highest BCUT2D eigenvalue weighted by atomic mass is 32.1. The van der Waals surface area contributed by atoms with Gasteiger partial charge in [-0.15, -0.1) is 0 Å². The summed E-state index contributed by atoms with van der Waals surface area (Å²) >= 11 is 4.57. The van der Waals surface area contributed by atoms with E-state index in [4.69, 9.17) is 4.74 Å². The normalized spacial score (nSPS) is 18.8. The van der Waals surface area contributed by atoms with Crippen molar-refractivity contribution in [2.24, 2.45) is 5.41 Å². The van der Waals surface area contributed by atoms with Crippen molar-refractivity contribution in [1.29, 1.82) is 0 Å². The third-order valence-electron chi connectivity index (χ3n) is 4.51. The van der Waals surface area contributed by atoms with E-state index in [1.165, 1.54) is 37.7 Å². The zero-order chi connectivity index (χ0) is 14.6. The summed E-state index contributed by atoms with van der Waals surface area (Å²) in [5.74, 6) is 1.93. The first-order chi connectivity index (χ1) is 9.45. The Labute approximate surface area is 129 Å². The minimum absolute atomic E-state index is 0.203. The fourth-order valence-corrected chi connectivity index (χ4v) is 3.34. The van der Waals surface area contributed by atoms with Crippen LogP contribution in [-0.4, -0.2) is 12.4 Å². The summed E-state index contributed by atoms with van der Waals surface area (Å²) in [5, 5.41) is 0. The quantitative estimate of drug-likeness (QED) is 0.746. The van der Waals surface area contributed by atoms with Gasteiger partial charge in [0.05, 0.1) is 6.61 Å². The van der Waals surface area contributed by atoms with E-state index >= 15 is 0 Å². The van der Waals surface area contributed by atoms with Gasteiger partial charge in [0, 0.05) is 5.41 Å². The van der Waals surface area contributed by atoms with Gasteiger partial charge in [-0.3, -0.25) is 0 Å². The van der Waals surface area contributed by atoms with Crippen molar-refractivity contribution >= 4 is 12.6 Å². The van der Waals surface area contributed by atoms with Crippen LogP contribution in [-0.2, 0) is 5.41 Å². The molecule has 0 aromatic heterocycles. The monoisotopic (exact) mass is 292 g/mol. The summed E-state index contributed by atoms with van der Waals surface area (Å²) in [6.45, 7) is 7.52. The SMILES string of the molecule is CC(C)(C)c1ccc(OCC2(CS)CCCCC2)cc1. The molecule has 1 aliphatic carbocycles. The van der Waals surface area contributed by atoms with Gasteiger partial charge in [0.2, 0.25) is 0 Å². The molecule has 0 unspecified atom stereocenters. The van der Waals surface area contributed by atoms with Crippen molar-refractivity contribution in [3.63, 3.8) is 0 Å². The van der Waals surface area contributed by atoms with Gasteiger partial charge in [0.15, 0.2) is 0 Å². The van der Waals surface area contributed by atoms with Crippen LogP contribution in [0.3, 0.4) is 0 Å². The summed E-state index contributed by atoms with van der Waals surface area (Å²) < 4.78 is 6.06. The Bertz CT molecular complexity index is 410. The molecule has 0 spiro atoms. The number of benzene rings is 1. The fraction of sp³-hybridized carbons (Fsp3) is 0.667. The molecule has 0 saturated heterocycles. The average molecular weight is 292 g/mol. The van der Waals surface area contributed by atoms with E-state index in [-0.39, 0.29) is 5.41 Å². The van der Waals surface area contributed by atoms with Gasteiger partial charge >= 0.3 is 0 Å². The van der Waals surface area contributed by atoms with Crippen LogP contribution >= 0.6 is 12.6 Å². The lowest BCUT2D eigenvalue weighted by Crippen LogP contribution is -2.32. The lowest BCUT2D eigenvalue weighted by molar-refractivity contribution is 0.121. The van der Waals surface area contributed by atoms with Crippen LogP contribution in [0.1, 0.15) is 58.4 Å². The van der Waals surface area contributed by atoms with Gasteiger partial charge in [0.1, 0.15) is 5.75 Å². The fourth-order valence-electron chi connectivity index (χ4n) is 2.94. The van der Waals surface area contributed by atoms with Crippen molar-refractivity contribution in [3.05, 3.63) is 29.8 Å². The number of rotatable bonds is 4. The molecule has 1 aliphatic rings. The second-order valence-corrected chi connectivity index (χ2v) is 7.60. The summed E-state index contributed by atoms with van der Waals surface area (Å²) in [6, 6.07) is 8.58. The highest BCUT2D eigenvalue weighted by Crippen LogP contribution is 2.37. The summed E-state index contributed by atoms with van der Waals surface area (Å²) in [5.41, 5.74) is 1.85. The Morgan fingerprint density at radius 2 is 1.65 bits per heavy atom. The van der Waals surface area contributed by atoms with E-state index in [0.29, 0.717) is 5.41 Å². The van der Waals surface area contributed by atoms with Crippen molar-refractivity contribution < 1.29 is 4.74 Å². The van der Waals surface area contributed by atoms with Gasteiger partial charge in [0.25, 0.3) is 0 Å². The molecule has 0 amide bonds. The molecule has 1 saturated carbocycles. The predicted molar refractivity (Wildman–Crippen MR) is 90.0 cm³/mol. The van der Waals surface area contributed by atoms with E-state index < -0.39 is 0 Å². The van der Waals surface area contributed by atoms with Crippen LogP contribution in [0, 0.1) is 5.41 Å². The van der Waals surface area contributed by atoms with Crippen molar-refractivity contribution in [2.45, 2.75) is 58.3 Å². The first kappa shape index (κ1) is 15.8. The number of ether oxygens (including phenoxy) is 1. The van der Waals surface area contributed by atoms with Gasteiger partial charge in [-0.05, 0) is 41.7 Å². The molecule has 1 aromatic carbocycles. The Morgan fingerprint density at radius 1 is 1.05 bits per heavy atom. The van der Waals surface area contributed by atoms with E-state index in [9.17, 15) is 0 Å². The Balaban J connectivity index is 1.96. The second-order valence-electron chi connectivity index (χ2n) is 7.28. The molecule has 20 heavy (non-hydrogen) atoms. The lowest BCUT2D eigenvalue weighted by atomic mass is 9.76. The second kappa shape index (κ2) is 6.43. The summed E-state index contributed by atoms with van der Waals surface area (Å²) in [7, 11) is 0. The maximum atomic E-state index is 6.06. The Kier molecular flexibility index (Phi) is 5.06. The average Bonchev–Trinajstić information content (AvgIpc) is 2.46. The summed E-state index contributed by atoms with van der Waals surface area (Å²) in [6.07, 6.45) is 6.54. The molecule has 1 nitrogen and oxygen atoms in total. The maximum absolute atomic E-state index is 6.06. The molecule has 0 radical (unpaired) electrons. The highest BCUT2D eigenvalue weighted by Gasteiger charge is 2.31. The topological polar surface area (TPSA) is 9.23 Å². The van der Waals surface area contributed by atoms with Gasteiger partial charge in [-0.1, -0.05) is 52.2 Å². The summed E-state index contributed by atoms with van der Waals surface area (Å²) in [4.78, 5) is 0. The molecule has 0 heterocycles. The molecule has 2 rings (SSSR count). The highest BCUT2D eigenvalue weighted by molar-refractivity contribution is 7.80. The van der Waals surface area contributed by atoms with Gasteiger partial charge in [-0.2, -0.15) is 12.6 Å². The molecule has 0 bridgehead atoms. The van der Waals surface area contributed by atoms with Crippen LogP contribution in [0.15, 0.2) is 24.3 Å². The third kappa shape index (κ3) is 3.94. The first-order valence-electron chi connectivity index (χ1n) is 7.79. The molecular formula is C18H28OS. The van der Waals surface area contributed by atoms with E-state index in [1.54, 1.807) is 0 Å². The minimum atomic E-state index is 0.203. The lowest BCUT2D eigenvalue weighted by Gasteiger charge is -2.35. The van der Waals surface area contributed by atoms with Crippen molar-refractivity contribution in [1.82, 2.24) is 0 Å². The maximum Gasteiger partial charge on any atom is 0.119 e. The molecule has 1 fully saturated rings. The molecule has 2 heteroatoms. The number of hydrogen-bond donors (Lipinski definition) is 1. The standard InChI is InChI=1S/C18H28OS/c1-17(2,3)15-7-9-16(10-8-15)19-13-18(14-20)11-5-4-6-12-18/h7-10,20H,4-6,11-14H2,1-3H3.